The highest BCUT2D eigenvalue weighted by Gasteiger charge is 1.98. The minimum atomic E-state index is 0.698. The summed E-state index contributed by atoms with van der Waals surface area (Å²) in [5.74, 6) is 0.698. The van der Waals surface area contributed by atoms with Crippen molar-refractivity contribution < 1.29 is 0 Å². The number of aromatic nitrogens is 2. The molecule has 0 saturated heterocycles. The molecule has 0 fully saturated rings. The molecule has 1 heterocycles. The van der Waals surface area contributed by atoms with Crippen LogP contribution in [0.15, 0.2) is 36.7 Å². The van der Waals surface area contributed by atoms with Crippen LogP contribution in [0.1, 0.15) is 16.7 Å². The second-order valence-electron chi connectivity index (χ2n) is 4.19. The second kappa shape index (κ2) is 5.43. The summed E-state index contributed by atoms with van der Waals surface area (Å²) in [6.07, 6.45) is 4.64. The Balaban J connectivity index is 1.88. The van der Waals surface area contributed by atoms with E-state index in [2.05, 4.69) is 46.5 Å². The van der Waals surface area contributed by atoms with E-state index in [9.17, 15) is 0 Å². The zero-order chi connectivity index (χ0) is 12.1. The third kappa shape index (κ3) is 3.28. The Kier molecular flexibility index (Phi) is 3.70. The van der Waals surface area contributed by atoms with Gasteiger partial charge in [-0.2, -0.15) is 0 Å². The van der Waals surface area contributed by atoms with Crippen LogP contribution < -0.4 is 5.32 Å². The van der Waals surface area contributed by atoms with Gasteiger partial charge in [0.1, 0.15) is 0 Å². The van der Waals surface area contributed by atoms with Crippen molar-refractivity contribution in [2.45, 2.75) is 20.3 Å². The van der Waals surface area contributed by atoms with Gasteiger partial charge in [-0.05, 0) is 37.0 Å². The van der Waals surface area contributed by atoms with Gasteiger partial charge >= 0.3 is 0 Å². The Hall–Kier alpha value is -1.90. The summed E-state index contributed by atoms with van der Waals surface area (Å²) in [4.78, 5) is 8.42. The van der Waals surface area contributed by atoms with Crippen LogP contribution >= 0.6 is 0 Å². The fraction of sp³-hybridized carbons (Fsp3) is 0.286. The molecule has 3 heteroatoms. The van der Waals surface area contributed by atoms with Crippen molar-refractivity contribution in [2.24, 2.45) is 0 Å². The summed E-state index contributed by atoms with van der Waals surface area (Å²) in [6.45, 7) is 4.97. The van der Waals surface area contributed by atoms with Crippen molar-refractivity contribution >= 4 is 5.95 Å². The molecule has 2 rings (SSSR count). The number of rotatable bonds is 4. The number of nitrogens with zero attached hydrogens (tertiary/aromatic N) is 2. The summed E-state index contributed by atoms with van der Waals surface area (Å²) in [5.41, 5.74) is 3.78. The summed E-state index contributed by atoms with van der Waals surface area (Å²) in [6, 6.07) is 8.44. The molecule has 17 heavy (non-hydrogen) atoms. The van der Waals surface area contributed by atoms with Crippen molar-refractivity contribution in [3.63, 3.8) is 0 Å². The summed E-state index contributed by atoms with van der Waals surface area (Å²) >= 11 is 0. The summed E-state index contributed by atoms with van der Waals surface area (Å²) in [5, 5.41) is 3.23. The lowest BCUT2D eigenvalue weighted by Crippen LogP contribution is -2.08. The molecule has 0 saturated carbocycles. The van der Waals surface area contributed by atoms with E-state index in [4.69, 9.17) is 0 Å². The molecular formula is C14H17N3. The maximum absolute atomic E-state index is 4.21. The third-order valence-corrected chi connectivity index (χ3v) is 2.72. The van der Waals surface area contributed by atoms with Crippen LogP contribution in [0.3, 0.4) is 0 Å². The standard InChI is InChI=1S/C14H17N3/c1-11-9-16-14(17-10-11)15-8-7-13-6-4-3-5-12(13)2/h3-6,9-10H,7-8H2,1-2H3,(H,15,16,17). The molecule has 0 aliphatic rings. The predicted octanol–water partition coefficient (Wildman–Crippen LogP) is 2.75. The topological polar surface area (TPSA) is 37.8 Å². The largest absolute Gasteiger partial charge is 0.354 e. The molecule has 2 aromatic rings. The first-order valence-electron chi connectivity index (χ1n) is 5.83. The molecule has 1 aromatic heterocycles. The lowest BCUT2D eigenvalue weighted by molar-refractivity contribution is 0.970. The summed E-state index contributed by atoms with van der Waals surface area (Å²) in [7, 11) is 0. The predicted molar refractivity (Wildman–Crippen MR) is 70.1 cm³/mol. The molecule has 88 valence electrons. The Morgan fingerprint density at radius 1 is 1.06 bits per heavy atom. The monoisotopic (exact) mass is 227 g/mol. The maximum Gasteiger partial charge on any atom is 0.222 e. The van der Waals surface area contributed by atoms with Crippen LogP contribution in [-0.2, 0) is 6.42 Å². The quantitative estimate of drug-likeness (QED) is 0.872. The normalized spacial score (nSPS) is 10.2. The number of nitrogens with one attached hydrogen (secondary N) is 1. The van der Waals surface area contributed by atoms with Gasteiger partial charge in [0.2, 0.25) is 5.95 Å². The van der Waals surface area contributed by atoms with Gasteiger partial charge in [0.05, 0.1) is 0 Å². The molecule has 0 atom stereocenters. The second-order valence-corrected chi connectivity index (χ2v) is 4.19. The maximum atomic E-state index is 4.21. The van der Waals surface area contributed by atoms with Crippen LogP contribution in [0.2, 0.25) is 0 Å². The molecular weight excluding hydrogens is 210 g/mol. The molecule has 0 spiro atoms. The number of hydrogen-bond donors (Lipinski definition) is 1. The SMILES string of the molecule is Cc1cnc(NCCc2ccccc2C)nc1. The highest BCUT2D eigenvalue weighted by molar-refractivity contribution is 5.28. The van der Waals surface area contributed by atoms with Crippen molar-refractivity contribution in [3.05, 3.63) is 53.3 Å². The van der Waals surface area contributed by atoms with Gasteiger partial charge in [-0.25, -0.2) is 9.97 Å². The van der Waals surface area contributed by atoms with Gasteiger partial charge in [0.15, 0.2) is 0 Å². The van der Waals surface area contributed by atoms with E-state index in [0.717, 1.165) is 18.5 Å². The highest BCUT2D eigenvalue weighted by atomic mass is 15.1. The molecule has 0 amide bonds. The Morgan fingerprint density at radius 3 is 2.47 bits per heavy atom. The van der Waals surface area contributed by atoms with E-state index in [0.29, 0.717) is 5.95 Å². The van der Waals surface area contributed by atoms with Gasteiger partial charge in [-0.3, -0.25) is 0 Å². The van der Waals surface area contributed by atoms with E-state index >= 15 is 0 Å². The Labute approximate surface area is 102 Å². The fourth-order valence-electron chi connectivity index (χ4n) is 1.68. The zero-order valence-corrected chi connectivity index (χ0v) is 10.3. The average Bonchev–Trinajstić information content (AvgIpc) is 2.34. The molecule has 0 radical (unpaired) electrons. The fourth-order valence-corrected chi connectivity index (χ4v) is 1.68. The molecule has 1 N–H and O–H groups in total. The number of anilines is 1. The van der Waals surface area contributed by atoms with Crippen LogP contribution in [-0.4, -0.2) is 16.5 Å². The lowest BCUT2D eigenvalue weighted by Gasteiger charge is -2.07. The highest BCUT2D eigenvalue weighted by Crippen LogP contribution is 2.07. The van der Waals surface area contributed by atoms with E-state index in [1.807, 2.05) is 19.3 Å². The molecule has 1 aromatic carbocycles. The molecule has 3 nitrogen and oxygen atoms in total. The van der Waals surface area contributed by atoms with Crippen molar-refractivity contribution in [1.82, 2.24) is 9.97 Å². The average molecular weight is 227 g/mol. The molecule has 0 aliphatic heterocycles. The first kappa shape index (κ1) is 11.6. The van der Waals surface area contributed by atoms with E-state index in [1.54, 1.807) is 0 Å². The molecule has 0 aliphatic carbocycles. The van der Waals surface area contributed by atoms with Gasteiger partial charge < -0.3 is 5.32 Å². The van der Waals surface area contributed by atoms with Crippen molar-refractivity contribution in [3.8, 4) is 0 Å². The minimum absolute atomic E-state index is 0.698. The van der Waals surface area contributed by atoms with Gasteiger partial charge in [-0.1, -0.05) is 24.3 Å². The van der Waals surface area contributed by atoms with E-state index in [-0.39, 0.29) is 0 Å². The summed E-state index contributed by atoms with van der Waals surface area (Å²) < 4.78 is 0. The van der Waals surface area contributed by atoms with E-state index < -0.39 is 0 Å². The van der Waals surface area contributed by atoms with Gasteiger partial charge in [-0.15, -0.1) is 0 Å². The smallest absolute Gasteiger partial charge is 0.222 e. The van der Waals surface area contributed by atoms with Gasteiger partial charge in [0, 0.05) is 18.9 Å². The Morgan fingerprint density at radius 2 is 1.76 bits per heavy atom. The zero-order valence-electron chi connectivity index (χ0n) is 10.3. The first-order valence-corrected chi connectivity index (χ1v) is 5.83. The third-order valence-electron chi connectivity index (χ3n) is 2.72. The van der Waals surface area contributed by atoms with Crippen LogP contribution in [0, 0.1) is 13.8 Å². The number of benzene rings is 1. The van der Waals surface area contributed by atoms with Crippen LogP contribution in [0.5, 0.6) is 0 Å². The first-order chi connectivity index (χ1) is 8.25. The lowest BCUT2D eigenvalue weighted by atomic mass is 10.1. The molecule has 0 bridgehead atoms. The molecule has 0 unspecified atom stereocenters. The van der Waals surface area contributed by atoms with Gasteiger partial charge in [0.25, 0.3) is 0 Å². The van der Waals surface area contributed by atoms with E-state index in [1.165, 1.54) is 11.1 Å². The van der Waals surface area contributed by atoms with Crippen LogP contribution in [0.25, 0.3) is 0 Å². The number of hydrogen-bond acceptors (Lipinski definition) is 3. The minimum Gasteiger partial charge on any atom is -0.354 e. The van der Waals surface area contributed by atoms with Crippen LogP contribution in [0.4, 0.5) is 5.95 Å². The Bertz CT molecular complexity index is 477. The number of aryl methyl sites for hydroxylation is 2. The van der Waals surface area contributed by atoms with Crippen molar-refractivity contribution in [1.29, 1.82) is 0 Å². The van der Waals surface area contributed by atoms with Crippen molar-refractivity contribution in [2.75, 3.05) is 11.9 Å².